The molecular formula is C18H33N3O6. The highest BCUT2D eigenvalue weighted by Gasteiger charge is 2.36. The number of hydrogen-bond donors (Lipinski definition) is 2. The zero-order chi connectivity index (χ0) is 21.2. The fourth-order valence-corrected chi connectivity index (χ4v) is 2.53. The molecule has 0 aromatic heterocycles. The molecule has 9 nitrogen and oxygen atoms in total. The van der Waals surface area contributed by atoms with E-state index in [1.807, 2.05) is 6.92 Å². The van der Waals surface area contributed by atoms with Crippen LogP contribution in [0.25, 0.3) is 0 Å². The Labute approximate surface area is 160 Å². The summed E-state index contributed by atoms with van der Waals surface area (Å²) in [5.74, 6) is -1.52. The van der Waals surface area contributed by atoms with Gasteiger partial charge in [-0.2, -0.15) is 0 Å². The Morgan fingerprint density at radius 2 is 1.78 bits per heavy atom. The van der Waals surface area contributed by atoms with Crippen molar-refractivity contribution in [3.63, 3.8) is 0 Å². The number of hydrogen-bond acceptors (Lipinski definition) is 6. The third-order valence-corrected chi connectivity index (χ3v) is 4.10. The lowest BCUT2D eigenvalue weighted by molar-refractivity contribution is -0.150. The van der Waals surface area contributed by atoms with Crippen LogP contribution in [0.1, 0.15) is 46.5 Å². The van der Waals surface area contributed by atoms with Gasteiger partial charge in [-0.1, -0.05) is 6.92 Å². The summed E-state index contributed by atoms with van der Waals surface area (Å²) in [6, 6.07) is -2.01. The zero-order valence-electron chi connectivity index (χ0n) is 16.9. The molecule has 2 atom stereocenters. The Balaban J connectivity index is 5.45. The average molecular weight is 387 g/mol. The quantitative estimate of drug-likeness (QED) is 0.329. The van der Waals surface area contributed by atoms with E-state index in [0.717, 1.165) is 4.90 Å². The van der Waals surface area contributed by atoms with Crippen LogP contribution in [0.5, 0.6) is 0 Å². The molecule has 156 valence electrons. The van der Waals surface area contributed by atoms with E-state index in [2.05, 4.69) is 0 Å². The lowest BCUT2D eigenvalue weighted by atomic mass is 9.97. The van der Waals surface area contributed by atoms with Gasteiger partial charge in [0.05, 0.1) is 18.8 Å². The normalized spacial score (nSPS) is 13.6. The topological polar surface area (TPSA) is 130 Å². The Bertz CT molecular complexity index is 518. The summed E-state index contributed by atoms with van der Waals surface area (Å²) in [6.07, 6.45) is 1.71. The van der Waals surface area contributed by atoms with E-state index in [0.29, 0.717) is 12.7 Å². The summed E-state index contributed by atoms with van der Waals surface area (Å²) in [6.45, 7) is 4.88. The van der Waals surface area contributed by atoms with Crippen LogP contribution < -0.4 is 5.73 Å². The van der Waals surface area contributed by atoms with Crippen LogP contribution in [0, 0.1) is 0 Å². The number of likely N-dealkylation sites (N-methyl/N-ethyl adjacent to an activating group) is 2. The summed E-state index contributed by atoms with van der Waals surface area (Å²) in [4.78, 5) is 49.9. The molecule has 9 heteroatoms. The molecule has 0 rings (SSSR count). The fraction of sp³-hybridized carbons (Fsp3) is 0.778. The predicted octanol–water partition coefficient (Wildman–Crippen LogP) is -0.308. The molecule has 0 heterocycles. The molecule has 0 unspecified atom stereocenters. The van der Waals surface area contributed by atoms with E-state index in [1.165, 1.54) is 32.8 Å². The third kappa shape index (κ3) is 8.96. The van der Waals surface area contributed by atoms with Gasteiger partial charge in [-0.25, -0.2) is 0 Å². The van der Waals surface area contributed by atoms with E-state index in [9.17, 15) is 24.3 Å². The van der Waals surface area contributed by atoms with Crippen LogP contribution >= 0.6 is 0 Å². The highest BCUT2D eigenvalue weighted by molar-refractivity contribution is 5.91. The molecule has 0 fully saturated rings. The van der Waals surface area contributed by atoms with Crippen molar-refractivity contribution in [2.75, 3.05) is 27.3 Å². The van der Waals surface area contributed by atoms with Crippen molar-refractivity contribution in [1.82, 2.24) is 9.80 Å². The monoisotopic (exact) mass is 387 g/mol. The maximum atomic E-state index is 13.0. The second-order valence-electron chi connectivity index (χ2n) is 7.18. The van der Waals surface area contributed by atoms with Crippen LogP contribution in [0.3, 0.4) is 0 Å². The van der Waals surface area contributed by atoms with Crippen molar-refractivity contribution in [3.8, 4) is 0 Å². The van der Waals surface area contributed by atoms with Crippen molar-refractivity contribution in [1.29, 1.82) is 0 Å². The molecule has 0 saturated heterocycles. The van der Waals surface area contributed by atoms with Crippen LogP contribution in [0.2, 0.25) is 0 Å². The summed E-state index contributed by atoms with van der Waals surface area (Å²) < 4.78 is 5.36. The summed E-state index contributed by atoms with van der Waals surface area (Å²) in [5.41, 5.74) is 4.20. The van der Waals surface area contributed by atoms with E-state index in [1.54, 1.807) is 0 Å². The van der Waals surface area contributed by atoms with Crippen LogP contribution in [-0.2, 0) is 23.9 Å². The Morgan fingerprint density at radius 3 is 2.22 bits per heavy atom. The van der Waals surface area contributed by atoms with Gasteiger partial charge in [0.15, 0.2) is 0 Å². The Hall–Kier alpha value is -2.00. The number of carbonyl (C=O) groups is 4. The highest BCUT2D eigenvalue weighted by atomic mass is 16.5. The molecule has 0 aromatic carbocycles. The molecule has 0 aliphatic rings. The summed E-state index contributed by atoms with van der Waals surface area (Å²) >= 11 is 0. The van der Waals surface area contributed by atoms with Gasteiger partial charge < -0.3 is 30.2 Å². The summed E-state index contributed by atoms with van der Waals surface area (Å²) in [5, 5.41) is 10.0. The van der Waals surface area contributed by atoms with Gasteiger partial charge in [0.2, 0.25) is 17.7 Å². The number of nitrogens with zero attached hydrogens (tertiary/aromatic N) is 2. The maximum absolute atomic E-state index is 13.0. The minimum absolute atomic E-state index is 0.0457. The van der Waals surface area contributed by atoms with Gasteiger partial charge in [-0.05, 0) is 20.3 Å². The molecule has 0 spiro atoms. The maximum Gasteiger partial charge on any atom is 0.248 e. The molecule has 0 aromatic rings. The van der Waals surface area contributed by atoms with Gasteiger partial charge in [0.25, 0.3) is 0 Å². The second-order valence-corrected chi connectivity index (χ2v) is 7.18. The number of amides is 3. The molecular weight excluding hydrogens is 354 g/mol. The minimum atomic E-state index is -1.21. The van der Waals surface area contributed by atoms with Gasteiger partial charge in [0, 0.05) is 33.4 Å². The molecule has 0 aliphatic carbocycles. The molecule has 27 heavy (non-hydrogen) atoms. The molecule has 0 radical (unpaired) electrons. The minimum Gasteiger partial charge on any atom is -0.390 e. The number of aliphatic hydroxyl groups is 1. The van der Waals surface area contributed by atoms with E-state index in [-0.39, 0.29) is 38.4 Å². The smallest absolute Gasteiger partial charge is 0.248 e. The van der Waals surface area contributed by atoms with Gasteiger partial charge >= 0.3 is 0 Å². The number of rotatable bonds is 13. The van der Waals surface area contributed by atoms with E-state index >= 15 is 0 Å². The van der Waals surface area contributed by atoms with Crippen molar-refractivity contribution in [2.45, 2.75) is 64.1 Å². The average Bonchev–Trinajstić information content (AvgIpc) is 2.57. The molecule has 3 amide bonds. The third-order valence-electron chi connectivity index (χ3n) is 4.10. The number of aldehydes is 1. The first-order valence-electron chi connectivity index (χ1n) is 9.01. The molecule has 0 aliphatic heterocycles. The van der Waals surface area contributed by atoms with E-state index < -0.39 is 29.5 Å². The first-order chi connectivity index (χ1) is 12.5. The first-order valence-corrected chi connectivity index (χ1v) is 9.01. The second kappa shape index (κ2) is 11.7. The van der Waals surface area contributed by atoms with Gasteiger partial charge in [0.1, 0.15) is 18.4 Å². The number of ether oxygens (including phenoxy) is 1. The van der Waals surface area contributed by atoms with Crippen molar-refractivity contribution >= 4 is 24.0 Å². The Kier molecular flexibility index (Phi) is 10.8. The standard InChI is InChI=1S/C18H33N3O6/c1-6-8-15(23)20(4)14(12-27-10-7-9-22)17(25)21(5)13(16(19)24)11-18(2,3)26/h9,13-14,26H,6-8,10-12H2,1-5H3,(H2,19,24)/t13-,14+/m0/s1. The predicted molar refractivity (Wildman–Crippen MR) is 99.6 cm³/mol. The Morgan fingerprint density at radius 1 is 1.19 bits per heavy atom. The fourth-order valence-electron chi connectivity index (χ4n) is 2.53. The molecule has 0 bridgehead atoms. The first kappa shape index (κ1) is 25.0. The largest absolute Gasteiger partial charge is 0.390 e. The lowest BCUT2D eigenvalue weighted by Crippen LogP contribution is -2.56. The van der Waals surface area contributed by atoms with Crippen molar-refractivity contribution < 1.29 is 29.0 Å². The highest BCUT2D eigenvalue weighted by Crippen LogP contribution is 2.17. The van der Waals surface area contributed by atoms with Crippen LogP contribution in [0.4, 0.5) is 0 Å². The van der Waals surface area contributed by atoms with Gasteiger partial charge in [-0.15, -0.1) is 0 Å². The number of primary amides is 1. The molecule has 3 N–H and O–H groups in total. The van der Waals surface area contributed by atoms with Crippen molar-refractivity contribution in [2.24, 2.45) is 5.73 Å². The number of carbonyl (C=O) groups excluding carboxylic acids is 4. The zero-order valence-corrected chi connectivity index (χ0v) is 16.9. The van der Waals surface area contributed by atoms with Crippen LogP contribution in [0.15, 0.2) is 0 Å². The lowest BCUT2D eigenvalue weighted by Gasteiger charge is -2.35. The number of nitrogens with two attached hydrogens (primary N) is 1. The van der Waals surface area contributed by atoms with Crippen LogP contribution in [-0.4, -0.2) is 83.9 Å². The summed E-state index contributed by atoms with van der Waals surface area (Å²) in [7, 11) is 2.90. The molecule has 0 saturated carbocycles. The van der Waals surface area contributed by atoms with Gasteiger partial charge in [-0.3, -0.25) is 14.4 Å². The van der Waals surface area contributed by atoms with Crippen molar-refractivity contribution in [3.05, 3.63) is 0 Å². The van der Waals surface area contributed by atoms with E-state index in [4.69, 9.17) is 10.5 Å². The SMILES string of the molecule is CCCC(=O)N(C)[C@H](COCCC=O)C(=O)N(C)[C@@H](CC(C)(C)O)C(N)=O.